The van der Waals surface area contributed by atoms with E-state index in [9.17, 15) is 4.79 Å². The second kappa shape index (κ2) is 6.54. The van der Waals surface area contributed by atoms with Gasteiger partial charge in [0.15, 0.2) is 0 Å². The highest BCUT2D eigenvalue weighted by molar-refractivity contribution is 7.98. The van der Waals surface area contributed by atoms with E-state index in [2.05, 4.69) is 0 Å². The Morgan fingerprint density at radius 2 is 1.85 bits per heavy atom. The van der Waals surface area contributed by atoms with E-state index in [4.69, 9.17) is 5.11 Å². The monoisotopic (exact) mass is 198 g/mol. The van der Waals surface area contributed by atoms with Crippen molar-refractivity contribution in [1.82, 2.24) is 0 Å². The van der Waals surface area contributed by atoms with Crippen LogP contribution in [0.25, 0.3) is 0 Å². The maximum absolute atomic E-state index is 10.6. The molecule has 0 heterocycles. The van der Waals surface area contributed by atoms with Crippen molar-refractivity contribution in [2.45, 2.75) is 18.7 Å². The molecule has 2 nitrogen and oxygen atoms in total. The first-order chi connectivity index (χ1) is 6.25. The van der Waals surface area contributed by atoms with Gasteiger partial charge in [-0.2, -0.15) is 0 Å². The molecule has 0 amide bonds. The zero-order valence-corrected chi connectivity index (χ0v) is 8.89. The molecule has 72 valence electrons. The Labute approximate surface area is 83.0 Å². The third kappa shape index (κ3) is 3.51. The van der Waals surface area contributed by atoms with Gasteiger partial charge in [-0.25, -0.2) is 4.79 Å². The Balaban J connectivity index is 0.000000671. The van der Waals surface area contributed by atoms with Gasteiger partial charge in [0.2, 0.25) is 0 Å². The summed E-state index contributed by atoms with van der Waals surface area (Å²) in [7, 11) is 0. The lowest BCUT2D eigenvalue weighted by Crippen LogP contribution is -1.97. The molecule has 0 aromatic heterocycles. The first-order valence-electron chi connectivity index (χ1n) is 4.12. The summed E-state index contributed by atoms with van der Waals surface area (Å²) in [6, 6.07) is 6.96. The van der Waals surface area contributed by atoms with Crippen LogP contribution in [-0.2, 0) is 0 Å². The first kappa shape index (κ1) is 12.0. The second-order valence-corrected chi connectivity index (χ2v) is 2.85. The average molecular weight is 198 g/mol. The van der Waals surface area contributed by atoms with Crippen LogP contribution < -0.4 is 0 Å². The molecular weight excluding hydrogens is 184 g/mol. The Morgan fingerprint density at radius 1 is 1.31 bits per heavy atom. The number of aromatic carboxylic acids is 1. The maximum Gasteiger partial charge on any atom is 0.336 e. The topological polar surface area (TPSA) is 37.3 Å². The third-order valence-electron chi connectivity index (χ3n) is 1.34. The molecule has 0 aliphatic rings. The lowest BCUT2D eigenvalue weighted by molar-refractivity contribution is 0.0693. The van der Waals surface area contributed by atoms with Crippen molar-refractivity contribution < 1.29 is 9.90 Å². The molecule has 0 saturated carbocycles. The molecule has 0 aliphatic carbocycles. The summed E-state index contributed by atoms with van der Waals surface area (Å²) in [5.41, 5.74) is 0.375. The van der Waals surface area contributed by atoms with Crippen LogP contribution >= 0.6 is 11.8 Å². The summed E-state index contributed by atoms with van der Waals surface area (Å²) < 4.78 is 0. The van der Waals surface area contributed by atoms with E-state index in [0.29, 0.717) is 5.56 Å². The zero-order valence-electron chi connectivity index (χ0n) is 8.07. The molecule has 1 N–H and O–H groups in total. The number of benzene rings is 1. The van der Waals surface area contributed by atoms with E-state index in [0.717, 1.165) is 4.90 Å². The molecule has 0 fully saturated rings. The molecule has 0 aliphatic heterocycles. The van der Waals surface area contributed by atoms with Crippen molar-refractivity contribution in [1.29, 1.82) is 0 Å². The molecule has 0 unspecified atom stereocenters. The minimum absolute atomic E-state index is 0.375. The van der Waals surface area contributed by atoms with Gasteiger partial charge in [-0.1, -0.05) is 26.0 Å². The highest BCUT2D eigenvalue weighted by atomic mass is 32.2. The van der Waals surface area contributed by atoms with E-state index >= 15 is 0 Å². The number of carboxylic acids is 1. The largest absolute Gasteiger partial charge is 0.478 e. The molecular formula is C10H14O2S. The Morgan fingerprint density at radius 3 is 2.23 bits per heavy atom. The van der Waals surface area contributed by atoms with E-state index < -0.39 is 5.97 Å². The third-order valence-corrected chi connectivity index (χ3v) is 2.13. The highest BCUT2D eigenvalue weighted by Gasteiger charge is 2.06. The molecule has 1 rings (SSSR count). The fraction of sp³-hybridized carbons (Fsp3) is 0.300. The van der Waals surface area contributed by atoms with Crippen molar-refractivity contribution in [2.24, 2.45) is 0 Å². The van der Waals surface area contributed by atoms with Crippen LogP contribution in [-0.4, -0.2) is 17.3 Å². The standard InChI is InChI=1S/C8H8O2S.C2H6/c1-11-7-5-3-2-4-6(7)8(9)10;1-2/h2-5H,1H3,(H,9,10);1-2H3. The van der Waals surface area contributed by atoms with Crippen LogP contribution in [0.15, 0.2) is 29.2 Å². The van der Waals surface area contributed by atoms with Gasteiger partial charge in [0.05, 0.1) is 5.56 Å². The van der Waals surface area contributed by atoms with Crippen molar-refractivity contribution in [3.05, 3.63) is 29.8 Å². The Hall–Kier alpha value is -0.960. The quantitative estimate of drug-likeness (QED) is 0.742. The van der Waals surface area contributed by atoms with Crippen molar-refractivity contribution in [3.63, 3.8) is 0 Å². The predicted molar refractivity (Wildman–Crippen MR) is 56.5 cm³/mol. The molecule has 1 aromatic rings. The predicted octanol–water partition coefficient (Wildman–Crippen LogP) is 3.13. The van der Waals surface area contributed by atoms with Crippen molar-refractivity contribution in [3.8, 4) is 0 Å². The molecule has 3 heteroatoms. The summed E-state index contributed by atoms with van der Waals surface area (Å²) >= 11 is 1.44. The summed E-state index contributed by atoms with van der Waals surface area (Å²) in [6.45, 7) is 4.00. The van der Waals surface area contributed by atoms with Crippen molar-refractivity contribution >= 4 is 17.7 Å². The van der Waals surface area contributed by atoms with Crippen molar-refractivity contribution in [2.75, 3.05) is 6.26 Å². The SMILES string of the molecule is CC.CSc1ccccc1C(=O)O. The van der Waals surface area contributed by atoms with Crippen LogP contribution in [0.3, 0.4) is 0 Å². The summed E-state index contributed by atoms with van der Waals surface area (Å²) in [6.07, 6.45) is 1.86. The fourth-order valence-corrected chi connectivity index (χ4v) is 1.41. The van der Waals surface area contributed by atoms with Crippen LogP contribution in [0.2, 0.25) is 0 Å². The zero-order chi connectivity index (χ0) is 10.3. The van der Waals surface area contributed by atoms with E-state index in [-0.39, 0.29) is 0 Å². The number of carbonyl (C=O) groups is 1. The number of carboxylic acid groups (broad SMARTS) is 1. The Kier molecular flexibility index (Phi) is 6.06. The molecule has 13 heavy (non-hydrogen) atoms. The first-order valence-corrected chi connectivity index (χ1v) is 5.34. The van der Waals surface area contributed by atoms with Crippen LogP contribution in [0.1, 0.15) is 24.2 Å². The summed E-state index contributed by atoms with van der Waals surface area (Å²) in [5.74, 6) is -0.866. The number of hydrogen-bond donors (Lipinski definition) is 1. The lowest BCUT2D eigenvalue weighted by atomic mass is 10.2. The normalized spacial score (nSPS) is 8.54. The minimum Gasteiger partial charge on any atom is -0.478 e. The number of rotatable bonds is 2. The molecule has 0 radical (unpaired) electrons. The van der Waals surface area contributed by atoms with Crippen LogP contribution in [0.4, 0.5) is 0 Å². The van der Waals surface area contributed by atoms with Crippen LogP contribution in [0, 0.1) is 0 Å². The van der Waals surface area contributed by atoms with E-state index in [1.165, 1.54) is 11.8 Å². The Bertz CT molecular complexity index is 271. The minimum atomic E-state index is -0.866. The molecule has 0 atom stereocenters. The van der Waals surface area contributed by atoms with Gasteiger partial charge >= 0.3 is 5.97 Å². The van der Waals surface area contributed by atoms with Gasteiger partial charge < -0.3 is 5.11 Å². The van der Waals surface area contributed by atoms with Gasteiger partial charge in [0, 0.05) is 4.90 Å². The average Bonchev–Trinajstić information content (AvgIpc) is 2.20. The molecule has 0 spiro atoms. The lowest BCUT2D eigenvalue weighted by Gasteiger charge is -1.99. The number of thioether (sulfide) groups is 1. The van der Waals surface area contributed by atoms with E-state index in [1.807, 2.05) is 26.2 Å². The van der Waals surface area contributed by atoms with Crippen LogP contribution in [0.5, 0.6) is 0 Å². The number of hydrogen-bond acceptors (Lipinski definition) is 2. The summed E-state index contributed by atoms with van der Waals surface area (Å²) in [5, 5.41) is 8.68. The molecule has 1 aromatic carbocycles. The summed E-state index contributed by atoms with van der Waals surface area (Å²) in [4.78, 5) is 11.4. The second-order valence-electron chi connectivity index (χ2n) is 2.01. The molecule has 0 saturated heterocycles. The van der Waals surface area contributed by atoms with Gasteiger partial charge in [0.1, 0.15) is 0 Å². The highest BCUT2D eigenvalue weighted by Crippen LogP contribution is 2.19. The van der Waals surface area contributed by atoms with Gasteiger partial charge in [-0.15, -0.1) is 11.8 Å². The maximum atomic E-state index is 10.6. The van der Waals surface area contributed by atoms with Gasteiger partial charge in [-0.3, -0.25) is 0 Å². The molecule has 0 bridgehead atoms. The van der Waals surface area contributed by atoms with Gasteiger partial charge in [0.25, 0.3) is 0 Å². The smallest absolute Gasteiger partial charge is 0.336 e. The fourth-order valence-electron chi connectivity index (χ4n) is 0.821. The van der Waals surface area contributed by atoms with E-state index in [1.54, 1.807) is 18.2 Å². The van der Waals surface area contributed by atoms with Gasteiger partial charge in [-0.05, 0) is 18.4 Å².